The van der Waals surface area contributed by atoms with Gasteiger partial charge in [-0.25, -0.2) is 0 Å². The highest BCUT2D eigenvalue weighted by Crippen LogP contribution is 2.23. The first kappa shape index (κ1) is 11.3. The molecule has 0 radical (unpaired) electrons. The average molecular weight is 198 g/mol. The molecular weight excluding hydrogens is 184 g/mol. The van der Waals surface area contributed by atoms with Crippen LogP contribution in [-0.4, -0.2) is 0 Å². The van der Waals surface area contributed by atoms with Gasteiger partial charge in [0.05, 0.1) is 23.3 Å². The van der Waals surface area contributed by atoms with Crippen molar-refractivity contribution in [2.75, 3.05) is 0 Å². The third-order valence-electron chi connectivity index (χ3n) is 2.76. The van der Waals surface area contributed by atoms with Gasteiger partial charge < -0.3 is 0 Å². The molecule has 0 spiro atoms. The van der Waals surface area contributed by atoms with Crippen LogP contribution < -0.4 is 0 Å². The molecule has 76 valence electrons. The summed E-state index contributed by atoms with van der Waals surface area (Å²) >= 11 is 0. The van der Waals surface area contributed by atoms with Crippen LogP contribution in [0.2, 0.25) is 0 Å². The Morgan fingerprint density at radius 2 is 1.80 bits per heavy atom. The maximum absolute atomic E-state index is 9.12. The van der Waals surface area contributed by atoms with E-state index in [4.69, 9.17) is 10.5 Å². The Balaban J connectivity index is 3.61. The molecule has 0 unspecified atom stereocenters. The maximum atomic E-state index is 9.12. The summed E-state index contributed by atoms with van der Waals surface area (Å²) in [6, 6.07) is 6.28. The number of rotatable bonds is 2. The highest BCUT2D eigenvalue weighted by atomic mass is 14.3. The first-order chi connectivity index (χ1) is 7.19. The van der Waals surface area contributed by atoms with Crippen LogP contribution in [0.3, 0.4) is 0 Å². The lowest BCUT2D eigenvalue weighted by molar-refractivity contribution is 1.04. The monoisotopic (exact) mass is 198 g/mol. The minimum absolute atomic E-state index is 0.697. The fraction of sp³-hybridized carbons (Fsp3) is 0.385. The van der Waals surface area contributed by atoms with Crippen molar-refractivity contribution in [2.24, 2.45) is 0 Å². The predicted molar refractivity (Wildman–Crippen MR) is 59.4 cm³/mol. The van der Waals surface area contributed by atoms with Crippen molar-refractivity contribution < 1.29 is 0 Å². The highest BCUT2D eigenvalue weighted by Gasteiger charge is 2.12. The molecule has 1 aromatic rings. The molecule has 0 bridgehead atoms. The average Bonchev–Trinajstić information content (AvgIpc) is 2.28. The molecule has 0 saturated heterocycles. The summed E-state index contributed by atoms with van der Waals surface area (Å²) in [5, 5.41) is 18.1. The molecule has 0 aromatic heterocycles. The smallest absolute Gasteiger partial charge is 0.0997 e. The maximum Gasteiger partial charge on any atom is 0.0997 e. The van der Waals surface area contributed by atoms with E-state index in [9.17, 15) is 0 Å². The zero-order valence-corrected chi connectivity index (χ0v) is 9.39. The van der Waals surface area contributed by atoms with E-state index in [-0.39, 0.29) is 0 Å². The fourth-order valence-corrected chi connectivity index (χ4v) is 1.87. The highest BCUT2D eigenvalue weighted by molar-refractivity contribution is 5.55. The summed E-state index contributed by atoms with van der Waals surface area (Å²) in [4.78, 5) is 0. The van der Waals surface area contributed by atoms with Gasteiger partial charge in [-0.1, -0.05) is 13.8 Å². The Morgan fingerprint density at radius 1 is 1.13 bits per heavy atom. The second-order valence-electron chi connectivity index (χ2n) is 3.49. The minimum Gasteiger partial charge on any atom is -0.192 e. The number of hydrogen-bond acceptors (Lipinski definition) is 2. The van der Waals surface area contributed by atoms with E-state index in [1.807, 2.05) is 26.8 Å². The van der Waals surface area contributed by atoms with Crippen LogP contribution in [0, 0.1) is 29.6 Å². The molecule has 0 atom stereocenters. The third kappa shape index (κ3) is 1.85. The molecule has 0 aliphatic heterocycles. The molecule has 1 rings (SSSR count). The fourth-order valence-electron chi connectivity index (χ4n) is 1.87. The number of nitriles is 2. The van der Waals surface area contributed by atoms with Gasteiger partial charge in [-0.05, 0) is 42.5 Å². The van der Waals surface area contributed by atoms with Crippen molar-refractivity contribution in [3.05, 3.63) is 33.9 Å². The van der Waals surface area contributed by atoms with Gasteiger partial charge in [-0.2, -0.15) is 10.5 Å². The zero-order valence-electron chi connectivity index (χ0n) is 9.39. The van der Waals surface area contributed by atoms with E-state index < -0.39 is 0 Å². The number of aryl methyl sites for hydroxylation is 1. The van der Waals surface area contributed by atoms with Gasteiger partial charge in [0, 0.05) is 0 Å². The molecule has 0 fully saturated rings. The summed E-state index contributed by atoms with van der Waals surface area (Å²) in [5.41, 5.74) is 4.41. The lowest BCUT2D eigenvalue weighted by atomic mass is 9.91. The Bertz CT molecular complexity index is 459. The molecule has 0 aliphatic rings. The molecule has 2 heteroatoms. The Kier molecular flexibility index (Phi) is 3.47. The van der Waals surface area contributed by atoms with Crippen LogP contribution in [0.25, 0.3) is 0 Å². The van der Waals surface area contributed by atoms with Crippen LogP contribution in [-0.2, 0) is 12.8 Å². The van der Waals surface area contributed by atoms with Crippen LogP contribution in [0.5, 0.6) is 0 Å². The lowest BCUT2D eigenvalue weighted by Crippen LogP contribution is -2.01. The summed E-state index contributed by atoms with van der Waals surface area (Å²) in [6.07, 6.45) is 1.60. The molecule has 1 aromatic carbocycles. The standard InChI is InChI=1S/C13H14N2/c1-4-10-6-11(7-14)9(3)12(5-2)13(10)8-15/h6H,4-5H2,1-3H3. The van der Waals surface area contributed by atoms with Crippen molar-refractivity contribution in [3.63, 3.8) is 0 Å². The topological polar surface area (TPSA) is 47.6 Å². The van der Waals surface area contributed by atoms with Crippen molar-refractivity contribution in [3.8, 4) is 12.1 Å². The van der Waals surface area contributed by atoms with Crippen LogP contribution in [0.1, 0.15) is 41.7 Å². The molecular formula is C13H14N2. The van der Waals surface area contributed by atoms with Crippen LogP contribution in [0.15, 0.2) is 6.07 Å². The van der Waals surface area contributed by atoms with Gasteiger partial charge in [0.1, 0.15) is 0 Å². The summed E-state index contributed by atoms with van der Waals surface area (Å²) in [6.45, 7) is 5.94. The van der Waals surface area contributed by atoms with E-state index in [1.165, 1.54) is 0 Å². The van der Waals surface area contributed by atoms with Crippen LogP contribution >= 0.6 is 0 Å². The van der Waals surface area contributed by atoms with E-state index >= 15 is 0 Å². The molecule has 2 nitrogen and oxygen atoms in total. The van der Waals surface area contributed by atoms with Crippen molar-refractivity contribution in [2.45, 2.75) is 33.6 Å². The van der Waals surface area contributed by atoms with E-state index in [2.05, 4.69) is 12.1 Å². The van der Waals surface area contributed by atoms with Gasteiger partial charge >= 0.3 is 0 Å². The predicted octanol–water partition coefficient (Wildman–Crippen LogP) is 2.86. The molecule has 0 N–H and O–H groups in total. The molecule has 0 heterocycles. The molecule has 15 heavy (non-hydrogen) atoms. The Morgan fingerprint density at radius 3 is 2.20 bits per heavy atom. The molecule has 0 aliphatic carbocycles. The third-order valence-corrected chi connectivity index (χ3v) is 2.76. The Labute approximate surface area is 90.8 Å². The SMILES string of the molecule is CCc1cc(C#N)c(C)c(CC)c1C#N. The normalized spacial score (nSPS) is 9.40. The van der Waals surface area contributed by atoms with Gasteiger partial charge in [0.2, 0.25) is 0 Å². The van der Waals surface area contributed by atoms with Gasteiger partial charge in [0.15, 0.2) is 0 Å². The first-order valence-corrected chi connectivity index (χ1v) is 5.15. The molecule has 0 saturated carbocycles. The number of hydrogen-bond donors (Lipinski definition) is 0. The zero-order chi connectivity index (χ0) is 11.4. The van der Waals surface area contributed by atoms with Crippen molar-refractivity contribution in [1.29, 1.82) is 10.5 Å². The molecule has 0 amide bonds. The van der Waals surface area contributed by atoms with Gasteiger partial charge in [-0.3, -0.25) is 0 Å². The first-order valence-electron chi connectivity index (χ1n) is 5.15. The second kappa shape index (κ2) is 4.62. The van der Waals surface area contributed by atoms with E-state index in [1.54, 1.807) is 0 Å². The number of benzene rings is 1. The summed E-state index contributed by atoms with van der Waals surface area (Å²) in [7, 11) is 0. The quantitative estimate of drug-likeness (QED) is 0.733. The lowest BCUT2D eigenvalue weighted by Gasteiger charge is -2.11. The van der Waals surface area contributed by atoms with Gasteiger partial charge in [0.25, 0.3) is 0 Å². The summed E-state index contributed by atoms with van der Waals surface area (Å²) in [5.74, 6) is 0. The van der Waals surface area contributed by atoms with Crippen molar-refractivity contribution in [1.82, 2.24) is 0 Å². The van der Waals surface area contributed by atoms with E-state index in [0.717, 1.165) is 35.1 Å². The van der Waals surface area contributed by atoms with E-state index in [0.29, 0.717) is 5.56 Å². The Hall–Kier alpha value is -1.80. The van der Waals surface area contributed by atoms with Crippen LogP contribution in [0.4, 0.5) is 0 Å². The van der Waals surface area contributed by atoms with Gasteiger partial charge in [-0.15, -0.1) is 0 Å². The summed E-state index contributed by atoms with van der Waals surface area (Å²) < 4.78 is 0. The minimum atomic E-state index is 0.697. The largest absolute Gasteiger partial charge is 0.192 e. The number of nitrogens with zero attached hydrogens (tertiary/aromatic N) is 2. The van der Waals surface area contributed by atoms with Crippen molar-refractivity contribution >= 4 is 0 Å². The second-order valence-corrected chi connectivity index (χ2v) is 3.49.